The van der Waals surface area contributed by atoms with Gasteiger partial charge in [0.2, 0.25) is 18.6 Å². The minimum atomic E-state index is -0.830. The third-order valence-electron chi connectivity index (χ3n) is 20.6. The zero-order chi connectivity index (χ0) is 108. The van der Waals surface area contributed by atoms with Crippen molar-refractivity contribution in [1.82, 2.24) is 44.1 Å². The van der Waals surface area contributed by atoms with E-state index in [1.54, 1.807) is 41.0 Å². The van der Waals surface area contributed by atoms with Crippen molar-refractivity contribution in [2.24, 2.45) is 5.92 Å². The van der Waals surface area contributed by atoms with Crippen molar-refractivity contribution in [2.75, 3.05) is 59.5 Å². The largest absolute Gasteiger partial charge is 0.454 e. The average Bonchev–Trinajstić information content (AvgIpc) is 1.37. The molecule has 6 rings (SSSR count). The van der Waals surface area contributed by atoms with Gasteiger partial charge >= 0.3 is 18.2 Å². The molecule has 3 aromatic rings. The summed E-state index contributed by atoms with van der Waals surface area (Å²) in [6.07, 6.45) is 9.30. The van der Waals surface area contributed by atoms with Crippen LogP contribution < -0.4 is 9.47 Å². The number of carbonyl (C=O) groups is 8. The number of hydrogen-bond acceptors (Lipinski definition) is 14. The summed E-state index contributed by atoms with van der Waals surface area (Å²) in [6.45, 7) is 108. The minimum Gasteiger partial charge on any atom is -0.454 e. The van der Waals surface area contributed by atoms with Crippen molar-refractivity contribution >= 4 is 47.8 Å². The van der Waals surface area contributed by atoms with Crippen molar-refractivity contribution in [3.8, 4) is 35.7 Å². The molecule has 0 aliphatic carbocycles. The lowest BCUT2D eigenvalue weighted by Crippen LogP contribution is -2.61. The van der Waals surface area contributed by atoms with Crippen molar-refractivity contribution in [1.29, 1.82) is 0 Å². The highest BCUT2D eigenvalue weighted by Gasteiger charge is 2.46. The molecule has 9 amide bonds. The van der Waals surface area contributed by atoms with Crippen LogP contribution in [0.4, 0.5) is 23.2 Å². The highest BCUT2D eigenvalue weighted by Crippen LogP contribution is 2.38. The molecule has 137 heavy (non-hydrogen) atoms. The van der Waals surface area contributed by atoms with Crippen molar-refractivity contribution in [2.45, 2.75) is 474 Å². The maximum atomic E-state index is 13.8. The lowest BCUT2D eigenvalue weighted by atomic mass is 9.92. The van der Waals surface area contributed by atoms with Gasteiger partial charge in [0.05, 0.1) is 32.3 Å². The van der Waals surface area contributed by atoms with Crippen molar-refractivity contribution < 1.29 is 75.6 Å². The molecule has 0 spiro atoms. The van der Waals surface area contributed by atoms with Gasteiger partial charge in [0.1, 0.15) is 17.2 Å². The van der Waals surface area contributed by atoms with Crippen LogP contribution >= 0.6 is 0 Å². The van der Waals surface area contributed by atoms with Gasteiger partial charge in [-0.25, -0.2) is 23.2 Å². The Morgan fingerprint density at radius 1 is 0.401 bits per heavy atom. The second-order valence-corrected chi connectivity index (χ2v) is 51.1. The molecule has 2 fully saturated rings. The number of amides is 9. The van der Waals surface area contributed by atoms with Crippen molar-refractivity contribution in [3.63, 3.8) is 0 Å². The topological polar surface area (TPSA) is 221 Å². The van der Waals surface area contributed by atoms with Crippen LogP contribution in [0.2, 0.25) is 0 Å². The summed E-state index contributed by atoms with van der Waals surface area (Å²) in [6, 6.07) is 16.1. The molecule has 0 bridgehead atoms. The second-order valence-electron chi connectivity index (χ2n) is 51.1. The maximum Gasteiger partial charge on any atom is 0.411 e. The summed E-state index contributed by atoms with van der Waals surface area (Å²) < 4.78 is 59.0. The first-order valence-corrected chi connectivity index (χ1v) is 48.9. The Kier molecular flexibility index (Phi) is 49.2. The number of halogens is 2. The van der Waals surface area contributed by atoms with Crippen LogP contribution in [0.25, 0.3) is 0 Å². The number of morpholine rings is 1. The monoisotopic (exact) mass is 1930 g/mol. The number of carbonyl (C=O) groups excluding carboxylic acids is 8. The molecule has 25 heteroatoms. The number of fused-ring (bicyclic) bond motifs is 1. The molecule has 784 valence electrons. The molecule has 3 aliphatic rings. The van der Waals surface area contributed by atoms with Gasteiger partial charge in [-0.2, -0.15) is 0 Å². The molecule has 3 aromatic carbocycles. The van der Waals surface area contributed by atoms with Gasteiger partial charge in [0.25, 0.3) is 17.7 Å². The molecule has 0 saturated carbocycles. The Bertz CT molecular complexity index is 4230. The molecular formula is C112H193F2N9O14. The van der Waals surface area contributed by atoms with Gasteiger partial charge in [-0.15, -0.1) is 12.3 Å². The Morgan fingerprint density at radius 3 is 1.09 bits per heavy atom. The number of unbranched alkanes of at least 4 members (excludes halogenated alkanes) is 1. The zero-order valence-corrected chi connectivity index (χ0v) is 95.8. The van der Waals surface area contributed by atoms with E-state index in [1.165, 1.54) is 11.0 Å². The lowest BCUT2D eigenvalue weighted by Gasteiger charge is -2.48. The average molecular weight is 1930 g/mol. The molecule has 2 saturated heterocycles. The summed E-state index contributed by atoms with van der Waals surface area (Å²) in [5.41, 5.74) is -2.38. The fourth-order valence-corrected chi connectivity index (χ4v) is 18.5. The van der Waals surface area contributed by atoms with Crippen LogP contribution in [-0.4, -0.2) is 240 Å². The SMILES string of the molecule is C#Cc1cccc(C(=O)N(C(C)(C)C)C(C)(C)C)c1.CC#CCOC(=O)N(C(C)(C)C)C(C)(C)C.CC(C)(C)N(C(=O)C1CCOC1)C(C)(C)C.CC(C)(C)N(C(=O)N1CCOCC1)C(C)(C)C.CC(C)(C)N(C(=O)c1c(F)cccc1F)C(C)(C)C.CC(C)(C)N(C(=O)c1ccc2c(c1)OCO2)C(C)(C)C.CCCCC(=O)N(C(C)(C)C)C(C)(C)C.CCCOC(=O)N(C(C)(C)C)C(C)(C)C. The molecule has 23 nitrogen and oxygen atoms in total. The molecule has 0 radical (unpaired) electrons. The van der Waals surface area contributed by atoms with Crippen molar-refractivity contribution in [3.05, 3.63) is 94.6 Å². The third kappa shape index (κ3) is 44.4. The molecule has 0 aromatic heterocycles. The Hall–Kier alpha value is -8.68. The summed E-state index contributed by atoms with van der Waals surface area (Å²) in [5, 5.41) is 0. The van der Waals surface area contributed by atoms with E-state index in [2.05, 4.69) is 149 Å². The number of benzene rings is 3. The first-order valence-electron chi connectivity index (χ1n) is 48.9. The number of nitrogens with zero attached hydrogens (tertiary/aromatic N) is 9. The Labute approximate surface area is 832 Å². The summed E-state index contributed by atoms with van der Waals surface area (Å²) in [5.74, 6) is 7.60. The number of rotatable bonds is 10. The van der Waals surface area contributed by atoms with Gasteiger partial charge in [-0.05, 0) is 407 Å². The normalized spacial score (nSPS) is 14.4. The molecule has 1 unspecified atom stereocenters. The Morgan fingerprint density at radius 2 is 0.752 bits per heavy atom. The third-order valence-corrected chi connectivity index (χ3v) is 20.6. The zero-order valence-electron chi connectivity index (χ0n) is 95.8. The minimum absolute atomic E-state index is 0.00306. The molecule has 3 heterocycles. The van der Waals surface area contributed by atoms with E-state index in [0.29, 0.717) is 68.6 Å². The number of terminal acetylenes is 1. The van der Waals surface area contributed by atoms with Gasteiger partial charge in [-0.3, -0.25) is 33.8 Å². The Balaban J connectivity index is 0. The number of urea groups is 1. The highest BCUT2D eigenvalue weighted by molar-refractivity contribution is 5.97. The van der Waals surface area contributed by atoms with Gasteiger partial charge in [0.15, 0.2) is 18.1 Å². The van der Waals surface area contributed by atoms with E-state index >= 15 is 0 Å². The highest BCUT2D eigenvalue weighted by atomic mass is 19.1. The van der Waals surface area contributed by atoms with E-state index in [0.717, 1.165) is 50.0 Å². The fourth-order valence-electron chi connectivity index (χ4n) is 18.5. The summed E-state index contributed by atoms with van der Waals surface area (Å²) >= 11 is 0. The second kappa shape index (κ2) is 51.7. The van der Waals surface area contributed by atoms with Crippen LogP contribution in [0.15, 0.2) is 60.7 Å². The van der Waals surface area contributed by atoms with Crippen LogP contribution in [-0.2, 0) is 28.5 Å². The van der Waals surface area contributed by atoms with E-state index in [9.17, 15) is 47.1 Å². The predicted octanol–water partition coefficient (Wildman–Crippen LogP) is 26.0. The van der Waals surface area contributed by atoms with E-state index < -0.39 is 34.2 Å². The van der Waals surface area contributed by atoms with Gasteiger partial charge in [0, 0.05) is 131 Å². The van der Waals surface area contributed by atoms with E-state index in [1.807, 2.05) is 262 Å². The smallest absolute Gasteiger partial charge is 0.411 e. The van der Waals surface area contributed by atoms with Crippen LogP contribution in [0.3, 0.4) is 0 Å². The van der Waals surface area contributed by atoms with E-state index in [-0.39, 0.29) is 139 Å². The number of hydrogen-bond donors (Lipinski definition) is 0. The number of ether oxygens (including phenoxy) is 6. The fraction of sp³-hybridized carbons (Fsp3) is 0.732. The maximum absolute atomic E-state index is 13.8. The molecule has 3 aliphatic heterocycles. The quantitative estimate of drug-likeness (QED) is 0.172. The van der Waals surface area contributed by atoms with Crippen LogP contribution in [0.5, 0.6) is 11.5 Å². The molecule has 1 atom stereocenters. The van der Waals surface area contributed by atoms with Gasteiger partial charge < -0.3 is 62.7 Å². The van der Waals surface area contributed by atoms with E-state index in [4.69, 9.17) is 34.8 Å². The standard InChI is InChI=1S/C17H23NO.C16H23NO3.C15H21F2NO.C13H26N2O2.C13H25NO2.C13H23NO2.C13H27NO.C12H25NO2/c1-8-13-10-9-11-14(12-13)15(19)18(16(2,3)4)17(5,6)7;1-15(2,3)17(16(4,5)6)14(18)11-7-8-12-13(9-11)20-10-19-12;1-14(2,3)18(15(4,5)6)13(19)12-10(16)8-7-9-11(12)17;1-12(2,3)15(13(4,5)6)11(16)14-7-9-17-10-8-14;1-12(2,3)14(13(4,5)6)11(15)10-7-8-16-9-10;1-8-9-10-16-11(15)14(12(2,3)4)13(5,6)7;1-8-9-10-11(15)14(12(2,3)4)13(5,6)7;1-8-9-15-10(14)13(11(2,3)4)12(5,6)7/h1,9-12H,2-7H3;7-9H,10H2,1-6H3;7-9H,1-6H3;7-10H2,1-6H3;10H,7-9H2,1-6H3;10H2,1-7H3;8-10H2,1-7H3;8-9H2,1-7H3. The lowest BCUT2D eigenvalue weighted by molar-refractivity contribution is -0.147. The van der Waals surface area contributed by atoms with Gasteiger partial charge in [-0.1, -0.05) is 44.2 Å². The molecule has 0 N–H and O–H groups in total. The summed E-state index contributed by atoms with van der Waals surface area (Å²) in [7, 11) is 0. The van der Waals surface area contributed by atoms with Crippen LogP contribution in [0.1, 0.15) is 422 Å². The predicted molar refractivity (Wildman–Crippen MR) is 560 cm³/mol. The van der Waals surface area contributed by atoms with Crippen LogP contribution in [0, 0.1) is 41.7 Å². The first-order chi connectivity index (χ1) is 61.2. The summed E-state index contributed by atoms with van der Waals surface area (Å²) in [4.78, 5) is 116. The first kappa shape index (κ1) is 130. The molecular weight excluding hydrogens is 1730 g/mol.